The molecule has 1 heterocycles. The van der Waals surface area contributed by atoms with Crippen molar-refractivity contribution in [3.8, 4) is 0 Å². The summed E-state index contributed by atoms with van der Waals surface area (Å²) >= 11 is 3.43. The molecule has 16 heavy (non-hydrogen) atoms. The molecule has 0 saturated heterocycles. The largest absolute Gasteiger partial charge is 0.313 e. The van der Waals surface area contributed by atoms with Gasteiger partial charge < -0.3 is 4.98 Å². The summed E-state index contributed by atoms with van der Waals surface area (Å²) in [5, 5.41) is 0. The number of aromatic nitrogens is 2. The number of halogens is 1. The lowest BCUT2D eigenvalue weighted by Crippen LogP contribution is -2.07. The highest BCUT2D eigenvalue weighted by molar-refractivity contribution is 9.10. The zero-order valence-electron chi connectivity index (χ0n) is 8.61. The van der Waals surface area contributed by atoms with E-state index in [0.717, 1.165) is 23.0 Å². The van der Waals surface area contributed by atoms with Crippen molar-refractivity contribution < 1.29 is 0 Å². The van der Waals surface area contributed by atoms with Gasteiger partial charge in [-0.3, -0.25) is 4.79 Å². The maximum absolute atomic E-state index is 11.1. The molecule has 0 spiro atoms. The first kappa shape index (κ1) is 11.1. The van der Waals surface area contributed by atoms with Crippen molar-refractivity contribution in [3.63, 3.8) is 0 Å². The summed E-state index contributed by atoms with van der Waals surface area (Å²) in [4.78, 5) is 17.7. The molecule has 0 saturated carbocycles. The molecule has 2 aromatic rings. The first-order valence-electron chi connectivity index (χ1n) is 5.02. The van der Waals surface area contributed by atoms with Crippen LogP contribution in [0, 0.1) is 0 Å². The van der Waals surface area contributed by atoms with Gasteiger partial charge in [0.05, 0.1) is 6.33 Å². The lowest BCUT2D eigenvalue weighted by atomic mass is 10.1. The van der Waals surface area contributed by atoms with Crippen molar-refractivity contribution in [1.82, 2.24) is 9.97 Å². The molecule has 0 aliphatic rings. The van der Waals surface area contributed by atoms with E-state index in [1.807, 2.05) is 12.1 Å². The van der Waals surface area contributed by atoms with E-state index in [2.05, 4.69) is 38.0 Å². The van der Waals surface area contributed by atoms with Gasteiger partial charge in [0.15, 0.2) is 0 Å². The maximum Gasteiger partial charge on any atom is 0.250 e. The topological polar surface area (TPSA) is 45.8 Å². The quantitative estimate of drug-likeness (QED) is 0.937. The fourth-order valence-corrected chi connectivity index (χ4v) is 1.96. The molecule has 1 N–H and O–H groups in total. The molecular formula is C12H11BrN2O. The van der Waals surface area contributed by atoms with Gasteiger partial charge in [-0.1, -0.05) is 28.1 Å². The molecule has 0 fully saturated rings. The van der Waals surface area contributed by atoms with Crippen molar-refractivity contribution in [2.75, 3.05) is 0 Å². The average Bonchev–Trinajstić information content (AvgIpc) is 2.27. The number of hydrogen-bond donors (Lipinski definition) is 1. The highest BCUT2D eigenvalue weighted by atomic mass is 79.9. The Morgan fingerprint density at radius 1 is 1.25 bits per heavy atom. The molecule has 0 bridgehead atoms. The van der Waals surface area contributed by atoms with Crippen LogP contribution >= 0.6 is 15.9 Å². The predicted molar refractivity (Wildman–Crippen MR) is 66.4 cm³/mol. The van der Waals surface area contributed by atoms with Crippen molar-refractivity contribution in [1.29, 1.82) is 0 Å². The molecule has 4 heteroatoms. The Labute approximate surface area is 102 Å². The standard InChI is InChI=1S/C12H11BrN2O/c13-10-3-1-2-9(6-10)4-5-11-7-12(16)15-8-14-11/h1-3,6-8H,4-5H2,(H,14,15,16). The lowest BCUT2D eigenvalue weighted by molar-refractivity contribution is 0.892. The van der Waals surface area contributed by atoms with E-state index < -0.39 is 0 Å². The zero-order valence-corrected chi connectivity index (χ0v) is 10.2. The molecule has 0 radical (unpaired) electrons. The van der Waals surface area contributed by atoms with Gasteiger partial charge in [-0.25, -0.2) is 4.98 Å². The van der Waals surface area contributed by atoms with Crippen LogP contribution in [0.2, 0.25) is 0 Å². The molecule has 1 aromatic carbocycles. The summed E-state index contributed by atoms with van der Waals surface area (Å²) in [5.74, 6) is 0. The van der Waals surface area contributed by atoms with Crippen molar-refractivity contribution in [3.05, 3.63) is 62.7 Å². The Balaban J connectivity index is 2.05. The zero-order chi connectivity index (χ0) is 11.4. The van der Waals surface area contributed by atoms with E-state index in [-0.39, 0.29) is 5.56 Å². The molecule has 3 nitrogen and oxygen atoms in total. The van der Waals surface area contributed by atoms with Crippen LogP contribution < -0.4 is 5.56 Å². The Morgan fingerprint density at radius 3 is 2.88 bits per heavy atom. The number of hydrogen-bond acceptors (Lipinski definition) is 2. The fourth-order valence-electron chi connectivity index (χ4n) is 1.51. The van der Waals surface area contributed by atoms with Crippen molar-refractivity contribution >= 4 is 15.9 Å². The van der Waals surface area contributed by atoms with E-state index in [9.17, 15) is 4.79 Å². The second kappa shape index (κ2) is 5.07. The molecule has 82 valence electrons. The Hall–Kier alpha value is -1.42. The van der Waals surface area contributed by atoms with Gasteiger partial charge in [0.25, 0.3) is 5.56 Å². The van der Waals surface area contributed by atoms with E-state index >= 15 is 0 Å². The minimum Gasteiger partial charge on any atom is -0.313 e. The first-order chi connectivity index (χ1) is 7.74. The van der Waals surface area contributed by atoms with Gasteiger partial charge >= 0.3 is 0 Å². The van der Waals surface area contributed by atoms with Crippen molar-refractivity contribution in [2.45, 2.75) is 12.8 Å². The third-order valence-corrected chi connectivity index (χ3v) is 2.79. The lowest BCUT2D eigenvalue weighted by Gasteiger charge is -2.01. The number of benzene rings is 1. The molecule has 0 unspecified atom stereocenters. The summed E-state index contributed by atoms with van der Waals surface area (Å²) < 4.78 is 1.07. The van der Waals surface area contributed by atoms with Gasteiger partial charge in [0.1, 0.15) is 0 Å². The SMILES string of the molecule is O=c1cc(CCc2cccc(Br)c2)nc[nH]1. The second-order valence-corrected chi connectivity index (χ2v) is 4.45. The van der Waals surface area contributed by atoms with Gasteiger partial charge in [-0.15, -0.1) is 0 Å². The van der Waals surface area contributed by atoms with Crippen LogP contribution in [0.15, 0.2) is 45.9 Å². The Morgan fingerprint density at radius 2 is 2.12 bits per heavy atom. The van der Waals surface area contributed by atoms with E-state index in [0.29, 0.717) is 0 Å². The highest BCUT2D eigenvalue weighted by Gasteiger charge is 1.98. The Kier molecular flexibility index (Phi) is 3.51. The van der Waals surface area contributed by atoms with Crippen LogP contribution in [0.3, 0.4) is 0 Å². The number of aromatic amines is 1. The third-order valence-electron chi connectivity index (χ3n) is 2.29. The molecule has 0 amide bonds. The monoisotopic (exact) mass is 278 g/mol. The van der Waals surface area contributed by atoms with Crippen LogP contribution in [0.1, 0.15) is 11.3 Å². The smallest absolute Gasteiger partial charge is 0.250 e. The van der Waals surface area contributed by atoms with Crippen LogP contribution in [0.25, 0.3) is 0 Å². The molecular weight excluding hydrogens is 268 g/mol. The highest BCUT2D eigenvalue weighted by Crippen LogP contribution is 2.12. The molecule has 2 rings (SSSR count). The minimum absolute atomic E-state index is 0.0979. The molecule has 0 aliphatic heterocycles. The van der Waals surface area contributed by atoms with Crippen LogP contribution in [-0.2, 0) is 12.8 Å². The summed E-state index contributed by atoms with van der Waals surface area (Å²) in [7, 11) is 0. The third kappa shape index (κ3) is 3.03. The second-order valence-electron chi connectivity index (χ2n) is 3.53. The van der Waals surface area contributed by atoms with Crippen LogP contribution in [0.5, 0.6) is 0 Å². The van der Waals surface area contributed by atoms with Gasteiger partial charge in [0, 0.05) is 16.2 Å². The number of H-pyrrole nitrogens is 1. The maximum atomic E-state index is 11.1. The first-order valence-corrected chi connectivity index (χ1v) is 5.81. The average molecular weight is 279 g/mol. The number of rotatable bonds is 3. The van der Waals surface area contributed by atoms with Crippen LogP contribution in [0.4, 0.5) is 0 Å². The number of nitrogens with one attached hydrogen (secondary N) is 1. The van der Waals surface area contributed by atoms with Gasteiger partial charge in [-0.05, 0) is 30.5 Å². The number of nitrogens with zero attached hydrogens (tertiary/aromatic N) is 1. The van der Waals surface area contributed by atoms with E-state index in [1.165, 1.54) is 18.0 Å². The summed E-state index contributed by atoms with van der Waals surface area (Å²) in [6.07, 6.45) is 3.11. The van der Waals surface area contributed by atoms with Crippen LogP contribution in [-0.4, -0.2) is 9.97 Å². The predicted octanol–water partition coefficient (Wildman–Crippen LogP) is 2.32. The van der Waals surface area contributed by atoms with Crippen molar-refractivity contribution in [2.24, 2.45) is 0 Å². The Bertz CT molecular complexity index is 536. The fraction of sp³-hybridized carbons (Fsp3) is 0.167. The molecule has 0 atom stereocenters. The van der Waals surface area contributed by atoms with Gasteiger partial charge in [-0.2, -0.15) is 0 Å². The van der Waals surface area contributed by atoms with Gasteiger partial charge in [0.2, 0.25) is 0 Å². The summed E-state index contributed by atoms with van der Waals surface area (Å²) in [5.41, 5.74) is 1.96. The minimum atomic E-state index is -0.0979. The van der Waals surface area contributed by atoms with E-state index in [1.54, 1.807) is 0 Å². The summed E-state index contributed by atoms with van der Waals surface area (Å²) in [6, 6.07) is 9.68. The van der Waals surface area contributed by atoms with E-state index in [4.69, 9.17) is 0 Å². The summed E-state index contributed by atoms with van der Waals surface area (Å²) in [6.45, 7) is 0. The normalized spacial score (nSPS) is 10.3. The molecule has 1 aromatic heterocycles. The molecule has 0 aliphatic carbocycles. The number of aryl methyl sites for hydroxylation is 2.